The highest BCUT2D eigenvalue weighted by molar-refractivity contribution is 5.96. The average molecular weight is 292 g/mol. The van der Waals surface area contributed by atoms with Crippen LogP contribution in [-0.2, 0) is 16.1 Å². The molecule has 1 saturated heterocycles. The molecule has 2 amide bonds. The van der Waals surface area contributed by atoms with E-state index in [2.05, 4.69) is 5.32 Å². The first kappa shape index (κ1) is 15.5. The second kappa shape index (κ2) is 6.24. The van der Waals surface area contributed by atoms with Crippen molar-refractivity contribution in [3.05, 3.63) is 35.6 Å². The Morgan fingerprint density at radius 2 is 1.86 bits per heavy atom. The Labute approximate surface area is 124 Å². The number of hydrogen-bond donors (Lipinski definition) is 1. The Morgan fingerprint density at radius 3 is 2.43 bits per heavy atom. The molecular formula is C16H21FN2O2. The highest BCUT2D eigenvalue weighted by atomic mass is 19.1. The quantitative estimate of drug-likeness (QED) is 0.924. The van der Waals surface area contributed by atoms with Crippen molar-refractivity contribution in [3.63, 3.8) is 0 Å². The van der Waals surface area contributed by atoms with Gasteiger partial charge in [0.15, 0.2) is 0 Å². The van der Waals surface area contributed by atoms with Crippen LogP contribution < -0.4 is 5.32 Å². The number of piperazine rings is 1. The lowest BCUT2D eigenvalue weighted by Crippen LogP contribution is -2.62. The van der Waals surface area contributed by atoms with E-state index in [-0.39, 0.29) is 17.6 Å². The molecule has 2 unspecified atom stereocenters. The van der Waals surface area contributed by atoms with Gasteiger partial charge in [0.1, 0.15) is 17.9 Å². The van der Waals surface area contributed by atoms with Crippen LogP contribution in [0.4, 0.5) is 4.39 Å². The fraction of sp³-hybridized carbons (Fsp3) is 0.500. The van der Waals surface area contributed by atoms with Crippen molar-refractivity contribution >= 4 is 11.8 Å². The van der Waals surface area contributed by atoms with Crippen LogP contribution in [0.2, 0.25) is 0 Å². The van der Waals surface area contributed by atoms with E-state index in [1.807, 2.05) is 13.8 Å². The number of benzene rings is 1. The Bertz CT molecular complexity index is 528. The van der Waals surface area contributed by atoms with Gasteiger partial charge in [0.05, 0.1) is 0 Å². The lowest BCUT2D eigenvalue weighted by Gasteiger charge is -2.38. The van der Waals surface area contributed by atoms with Gasteiger partial charge in [0.25, 0.3) is 0 Å². The van der Waals surface area contributed by atoms with Gasteiger partial charge < -0.3 is 10.2 Å². The summed E-state index contributed by atoms with van der Waals surface area (Å²) >= 11 is 0. The molecule has 1 fully saturated rings. The van der Waals surface area contributed by atoms with Gasteiger partial charge in [0.2, 0.25) is 11.8 Å². The third-order valence-corrected chi connectivity index (χ3v) is 3.72. The second-order valence-electron chi connectivity index (χ2n) is 5.96. The normalized spacial score (nSPS) is 22.6. The standard InChI is InChI=1S/C16H21FN2O2/c1-10(2)8-14-16(21)19(11(3)15(20)18-14)9-12-4-6-13(17)7-5-12/h4-7,10-11,14H,8-9H2,1-3H3,(H,18,20). The Hall–Kier alpha value is -1.91. The highest BCUT2D eigenvalue weighted by Gasteiger charge is 2.37. The SMILES string of the molecule is CC(C)CC1NC(=O)C(C)N(Cc2ccc(F)cc2)C1=O. The number of hydrogen-bond acceptors (Lipinski definition) is 2. The zero-order chi connectivity index (χ0) is 15.6. The van der Waals surface area contributed by atoms with Crippen molar-refractivity contribution in [2.24, 2.45) is 5.92 Å². The molecule has 1 aromatic rings. The highest BCUT2D eigenvalue weighted by Crippen LogP contribution is 2.18. The third kappa shape index (κ3) is 3.60. The smallest absolute Gasteiger partial charge is 0.246 e. The summed E-state index contributed by atoms with van der Waals surface area (Å²) in [5.41, 5.74) is 0.814. The molecule has 2 rings (SSSR count). The first-order chi connectivity index (χ1) is 9.88. The van der Waals surface area contributed by atoms with Crippen LogP contribution in [0.25, 0.3) is 0 Å². The van der Waals surface area contributed by atoms with Gasteiger partial charge in [-0.2, -0.15) is 0 Å². The van der Waals surface area contributed by atoms with Crippen molar-refractivity contribution in [1.82, 2.24) is 10.2 Å². The molecule has 0 spiro atoms. The van der Waals surface area contributed by atoms with Gasteiger partial charge in [-0.25, -0.2) is 4.39 Å². The van der Waals surface area contributed by atoms with Gasteiger partial charge in [-0.3, -0.25) is 9.59 Å². The Kier molecular flexibility index (Phi) is 4.60. The van der Waals surface area contributed by atoms with Crippen molar-refractivity contribution in [2.75, 3.05) is 0 Å². The summed E-state index contributed by atoms with van der Waals surface area (Å²) in [6.45, 7) is 6.06. The van der Waals surface area contributed by atoms with E-state index in [9.17, 15) is 14.0 Å². The number of amides is 2. The van der Waals surface area contributed by atoms with Gasteiger partial charge in [0, 0.05) is 6.54 Å². The number of nitrogens with zero attached hydrogens (tertiary/aromatic N) is 1. The van der Waals surface area contributed by atoms with Gasteiger partial charge in [-0.05, 0) is 37.0 Å². The molecule has 1 aliphatic rings. The Balaban J connectivity index is 2.16. The van der Waals surface area contributed by atoms with Gasteiger partial charge in [-0.1, -0.05) is 26.0 Å². The maximum Gasteiger partial charge on any atom is 0.246 e. The molecule has 21 heavy (non-hydrogen) atoms. The molecule has 0 bridgehead atoms. The van der Waals surface area contributed by atoms with E-state index in [0.29, 0.717) is 18.9 Å². The van der Waals surface area contributed by atoms with E-state index >= 15 is 0 Å². The van der Waals surface area contributed by atoms with E-state index in [1.165, 1.54) is 12.1 Å². The van der Waals surface area contributed by atoms with Crippen molar-refractivity contribution in [1.29, 1.82) is 0 Å². The maximum atomic E-state index is 12.9. The molecule has 0 aromatic heterocycles. The molecule has 5 heteroatoms. The summed E-state index contributed by atoms with van der Waals surface area (Å²) in [6, 6.07) is 5.03. The summed E-state index contributed by atoms with van der Waals surface area (Å²) in [7, 11) is 0. The van der Waals surface area contributed by atoms with Crippen LogP contribution in [-0.4, -0.2) is 28.8 Å². The van der Waals surface area contributed by atoms with Crippen LogP contribution >= 0.6 is 0 Å². The van der Waals surface area contributed by atoms with E-state index in [0.717, 1.165) is 5.56 Å². The number of halogens is 1. The predicted molar refractivity (Wildman–Crippen MR) is 77.8 cm³/mol. The van der Waals surface area contributed by atoms with Crippen LogP contribution in [0.1, 0.15) is 32.8 Å². The lowest BCUT2D eigenvalue weighted by molar-refractivity contribution is -0.149. The zero-order valence-corrected chi connectivity index (χ0v) is 12.6. The third-order valence-electron chi connectivity index (χ3n) is 3.72. The second-order valence-corrected chi connectivity index (χ2v) is 5.96. The van der Waals surface area contributed by atoms with Crippen molar-refractivity contribution < 1.29 is 14.0 Å². The average Bonchev–Trinajstić information content (AvgIpc) is 2.42. The topological polar surface area (TPSA) is 49.4 Å². The fourth-order valence-corrected chi connectivity index (χ4v) is 2.52. The number of nitrogens with one attached hydrogen (secondary N) is 1. The Morgan fingerprint density at radius 1 is 1.24 bits per heavy atom. The molecule has 0 aliphatic carbocycles. The molecule has 114 valence electrons. The molecular weight excluding hydrogens is 271 g/mol. The lowest BCUT2D eigenvalue weighted by atomic mass is 9.98. The van der Waals surface area contributed by atoms with Gasteiger partial charge >= 0.3 is 0 Å². The molecule has 0 radical (unpaired) electrons. The largest absolute Gasteiger partial charge is 0.343 e. The van der Waals surface area contributed by atoms with Crippen LogP contribution in [0.15, 0.2) is 24.3 Å². The maximum absolute atomic E-state index is 12.9. The molecule has 2 atom stereocenters. The minimum atomic E-state index is -0.508. The molecule has 1 aliphatic heterocycles. The van der Waals surface area contributed by atoms with Crippen LogP contribution in [0.3, 0.4) is 0 Å². The number of carbonyl (C=O) groups excluding carboxylic acids is 2. The summed E-state index contributed by atoms with van der Waals surface area (Å²) in [5, 5.41) is 2.78. The summed E-state index contributed by atoms with van der Waals surface area (Å²) < 4.78 is 12.9. The van der Waals surface area contributed by atoms with Crippen molar-refractivity contribution in [2.45, 2.75) is 45.8 Å². The van der Waals surface area contributed by atoms with Gasteiger partial charge in [-0.15, -0.1) is 0 Å². The minimum absolute atomic E-state index is 0.0693. The first-order valence-corrected chi connectivity index (χ1v) is 7.23. The van der Waals surface area contributed by atoms with Crippen LogP contribution in [0.5, 0.6) is 0 Å². The summed E-state index contributed by atoms with van der Waals surface area (Å²) in [5.74, 6) is -0.199. The molecule has 4 nitrogen and oxygen atoms in total. The summed E-state index contributed by atoms with van der Waals surface area (Å²) in [6.07, 6.45) is 0.622. The molecule has 0 saturated carbocycles. The molecule has 1 N–H and O–H groups in total. The van der Waals surface area contributed by atoms with E-state index < -0.39 is 12.1 Å². The molecule has 1 heterocycles. The van der Waals surface area contributed by atoms with E-state index in [1.54, 1.807) is 24.0 Å². The number of rotatable bonds is 4. The fourth-order valence-electron chi connectivity index (χ4n) is 2.52. The minimum Gasteiger partial charge on any atom is -0.343 e. The zero-order valence-electron chi connectivity index (χ0n) is 12.6. The predicted octanol–water partition coefficient (Wildman–Crippen LogP) is 2.09. The summed E-state index contributed by atoms with van der Waals surface area (Å²) in [4.78, 5) is 26.1. The van der Waals surface area contributed by atoms with Crippen molar-refractivity contribution in [3.8, 4) is 0 Å². The monoisotopic (exact) mass is 292 g/mol. The van der Waals surface area contributed by atoms with E-state index in [4.69, 9.17) is 0 Å². The molecule has 1 aromatic carbocycles. The number of carbonyl (C=O) groups is 2. The van der Waals surface area contributed by atoms with Crippen LogP contribution in [0, 0.1) is 11.7 Å². The first-order valence-electron chi connectivity index (χ1n) is 7.23.